The number of sulfone groups is 1. The maximum atomic E-state index is 13.1. The van der Waals surface area contributed by atoms with Crippen LogP contribution in [-0.4, -0.2) is 54.8 Å². The van der Waals surface area contributed by atoms with Gasteiger partial charge in [0.15, 0.2) is 9.84 Å². The van der Waals surface area contributed by atoms with Crippen LogP contribution in [0.2, 0.25) is 0 Å². The lowest BCUT2D eigenvalue weighted by atomic mass is 9.89. The quantitative estimate of drug-likeness (QED) is 0.696. The van der Waals surface area contributed by atoms with Crippen molar-refractivity contribution in [2.24, 2.45) is 0 Å². The number of aryl methyl sites for hydroxylation is 2. The van der Waals surface area contributed by atoms with Crippen LogP contribution in [0.5, 0.6) is 0 Å². The van der Waals surface area contributed by atoms with Gasteiger partial charge in [-0.3, -0.25) is 14.5 Å². The van der Waals surface area contributed by atoms with Crippen LogP contribution < -0.4 is 10.6 Å². The zero-order chi connectivity index (χ0) is 21.0. The van der Waals surface area contributed by atoms with E-state index in [2.05, 4.69) is 10.6 Å². The van der Waals surface area contributed by atoms with Gasteiger partial charge in [-0.05, 0) is 56.2 Å². The fourth-order valence-electron chi connectivity index (χ4n) is 4.55. The van der Waals surface area contributed by atoms with Crippen LogP contribution in [0.25, 0.3) is 0 Å². The summed E-state index contributed by atoms with van der Waals surface area (Å²) in [5.41, 5.74) is 1.06. The molecule has 1 aromatic rings. The van der Waals surface area contributed by atoms with Crippen molar-refractivity contribution in [1.82, 2.24) is 15.5 Å². The minimum atomic E-state index is -3.18. The van der Waals surface area contributed by atoms with Gasteiger partial charge in [-0.1, -0.05) is 18.2 Å². The first-order valence-corrected chi connectivity index (χ1v) is 11.6. The van der Waals surface area contributed by atoms with Crippen LogP contribution >= 0.6 is 0 Å². The molecule has 1 aromatic carbocycles. The highest BCUT2D eigenvalue weighted by Gasteiger charge is 2.50. The van der Waals surface area contributed by atoms with Crippen molar-refractivity contribution < 1.29 is 22.8 Å². The molecule has 0 bridgehead atoms. The number of amides is 4. The molecule has 0 aromatic heterocycles. The first-order valence-electron chi connectivity index (χ1n) is 9.79. The molecular weight excluding hydrogens is 394 g/mol. The molecule has 1 aliphatic carbocycles. The smallest absolute Gasteiger partial charge is 0.325 e. The van der Waals surface area contributed by atoms with Crippen molar-refractivity contribution in [3.8, 4) is 0 Å². The van der Waals surface area contributed by atoms with Gasteiger partial charge in [0.25, 0.3) is 5.91 Å². The van der Waals surface area contributed by atoms with Gasteiger partial charge in [-0.25, -0.2) is 13.2 Å². The molecule has 2 fully saturated rings. The Balaban J connectivity index is 1.49. The Bertz CT molecular complexity index is 1020. The van der Waals surface area contributed by atoms with Crippen LogP contribution in [0.15, 0.2) is 18.2 Å². The molecule has 0 saturated carbocycles. The zero-order valence-electron chi connectivity index (χ0n) is 16.6. The Morgan fingerprint density at radius 3 is 2.62 bits per heavy atom. The SMILES string of the molecule is C[C@]1(NC(=O)CN2C(=O)N[C@@](C)(c3ccc4c(c3)CCC4)C2=O)CCS(=O)(=O)C1. The molecule has 8 nitrogen and oxygen atoms in total. The normalized spacial score (nSPS) is 30.3. The third-order valence-corrected chi connectivity index (χ3v) is 8.10. The number of nitrogens with zero attached hydrogens (tertiary/aromatic N) is 1. The minimum absolute atomic E-state index is 0.0172. The van der Waals surface area contributed by atoms with Gasteiger partial charge in [-0.2, -0.15) is 0 Å². The summed E-state index contributed by atoms with van der Waals surface area (Å²) in [6, 6.07) is 5.20. The molecule has 4 rings (SSSR count). The number of imide groups is 1. The molecule has 4 amide bonds. The van der Waals surface area contributed by atoms with Crippen LogP contribution in [0, 0.1) is 0 Å². The summed E-state index contributed by atoms with van der Waals surface area (Å²) in [7, 11) is -3.18. The second-order valence-corrected chi connectivity index (χ2v) is 10.9. The maximum absolute atomic E-state index is 13.1. The Labute approximate surface area is 169 Å². The highest BCUT2D eigenvalue weighted by molar-refractivity contribution is 7.91. The summed E-state index contributed by atoms with van der Waals surface area (Å²) >= 11 is 0. The topological polar surface area (TPSA) is 113 Å². The van der Waals surface area contributed by atoms with Crippen LogP contribution in [-0.2, 0) is 37.8 Å². The van der Waals surface area contributed by atoms with Crippen molar-refractivity contribution in [2.45, 2.75) is 50.6 Å². The minimum Gasteiger partial charge on any atom is -0.348 e. The zero-order valence-corrected chi connectivity index (χ0v) is 17.4. The standard InChI is InChI=1S/C20H25N3O5S/c1-19(8-9-29(27,28)12-19)21-16(24)11-23-17(25)20(2,22-18(23)26)15-7-6-13-4-3-5-14(13)10-15/h6-7,10H,3-5,8-9,11-12H2,1-2H3,(H,21,24)(H,22,26)/t19-,20-/m0/s1. The fraction of sp³-hybridized carbons (Fsp3) is 0.550. The molecule has 2 aliphatic heterocycles. The molecule has 3 aliphatic rings. The molecule has 2 N–H and O–H groups in total. The predicted octanol–water partition coefficient (Wildman–Crippen LogP) is 0.636. The lowest BCUT2D eigenvalue weighted by Crippen LogP contribution is -2.51. The van der Waals surface area contributed by atoms with Crippen molar-refractivity contribution in [3.63, 3.8) is 0 Å². The van der Waals surface area contributed by atoms with E-state index in [0.29, 0.717) is 12.0 Å². The summed E-state index contributed by atoms with van der Waals surface area (Å²) in [6.45, 7) is 2.86. The number of hydrogen-bond donors (Lipinski definition) is 2. The lowest BCUT2D eigenvalue weighted by Gasteiger charge is -2.26. The van der Waals surface area contributed by atoms with Gasteiger partial charge in [0.1, 0.15) is 12.1 Å². The number of fused-ring (bicyclic) bond motifs is 1. The first kappa shape index (κ1) is 19.9. The van der Waals surface area contributed by atoms with Gasteiger partial charge in [-0.15, -0.1) is 0 Å². The van der Waals surface area contributed by atoms with Crippen molar-refractivity contribution >= 4 is 27.7 Å². The van der Waals surface area contributed by atoms with E-state index >= 15 is 0 Å². The molecule has 2 heterocycles. The van der Waals surface area contributed by atoms with E-state index in [-0.39, 0.29) is 11.5 Å². The molecule has 2 atom stereocenters. The Hall–Kier alpha value is -2.42. The van der Waals surface area contributed by atoms with E-state index in [1.165, 1.54) is 11.1 Å². The van der Waals surface area contributed by atoms with Gasteiger partial charge in [0.2, 0.25) is 5.91 Å². The van der Waals surface area contributed by atoms with Gasteiger partial charge in [0.05, 0.1) is 17.0 Å². The summed E-state index contributed by atoms with van der Waals surface area (Å²) in [5.74, 6) is -1.16. The molecule has 9 heteroatoms. The van der Waals surface area contributed by atoms with E-state index in [4.69, 9.17) is 0 Å². The Kier molecular flexibility index (Phi) is 4.49. The summed E-state index contributed by atoms with van der Waals surface area (Å²) in [4.78, 5) is 38.9. The van der Waals surface area contributed by atoms with E-state index < -0.39 is 45.3 Å². The van der Waals surface area contributed by atoms with Crippen molar-refractivity contribution in [2.75, 3.05) is 18.1 Å². The number of benzene rings is 1. The summed E-state index contributed by atoms with van der Waals surface area (Å²) in [5, 5.41) is 5.41. The van der Waals surface area contributed by atoms with E-state index in [1.807, 2.05) is 18.2 Å². The predicted molar refractivity (Wildman–Crippen MR) is 106 cm³/mol. The Morgan fingerprint density at radius 2 is 1.93 bits per heavy atom. The summed E-state index contributed by atoms with van der Waals surface area (Å²) in [6.07, 6.45) is 3.37. The average Bonchev–Trinajstić information content (AvgIpc) is 3.26. The highest BCUT2D eigenvalue weighted by atomic mass is 32.2. The van der Waals surface area contributed by atoms with Crippen molar-refractivity contribution in [3.05, 3.63) is 34.9 Å². The van der Waals surface area contributed by atoms with E-state index in [9.17, 15) is 22.8 Å². The molecular formula is C20H25N3O5S. The molecule has 0 unspecified atom stereocenters. The van der Waals surface area contributed by atoms with Gasteiger partial charge < -0.3 is 10.6 Å². The van der Waals surface area contributed by atoms with Crippen LogP contribution in [0.3, 0.4) is 0 Å². The van der Waals surface area contributed by atoms with E-state index in [1.54, 1.807) is 13.8 Å². The molecule has 2 saturated heterocycles. The number of urea groups is 1. The number of carbonyl (C=O) groups is 3. The molecule has 0 radical (unpaired) electrons. The van der Waals surface area contributed by atoms with Crippen molar-refractivity contribution in [1.29, 1.82) is 0 Å². The molecule has 156 valence electrons. The second kappa shape index (κ2) is 6.55. The molecule has 0 spiro atoms. The summed E-state index contributed by atoms with van der Waals surface area (Å²) < 4.78 is 23.4. The van der Waals surface area contributed by atoms with Gasteiger partial charge >= 0.3 is 6.03 Å². The fourth-order valence-corrected chi connectivity index (χ4v) is 6.64. The third-order valence-electron chi connectivity index (χ3n) is 6.20. The number of rotatable bonds is 4. The average molecular weight is 420 g/mol. The van der Waals surface area contributed by atoms with E-state index in [0.717, 1.165) is 24.2 Å². The van der Waals surface area contributed by atoms with Crippen LogP contribution in [0.1, 0.15) is 43.4 Å². The number of nitrogens with one attached hydrogen (secondary N) is 2. The second-order valence-electron chi connectivity index (χ2n) is 8.73. The number of hydrogen-bond acceptors (Lipinski definition) is 5. The first-order chi connectivity index (χ1) is 13.5. The largest absolute Gasteiger partial charge is 0.348 e. The third kappa shape index (κ3) is 3.52. The van der Waals surface area contributed by atoms with Gasteiger partial charge in [0, 0.05) is 0 Å². The number of carbonyl (C=O) groups excluding carboxylic acids is 3. The van der Waals surface area contributed by atoms with Crippen LogP contribution in [0.4, 0.5) is 4.79 Å². The maximum Gasteiger partial charge on any atom is 0.325 e. The lowest BCUT2D eigenvalue weighted by molar-refractivity contribution is -0.135. The highest BCUT2D eigenvalue weighted by Crippen LogP contribution is 2.32. The monoisotopic (exact) mass is 419 g/mol. The Morgan fingerprint density at radius 1 is 1.21 bits per heavy atom. The molecule has 29 heavy (non-hydrogen) atoms.